The van der Waals surface area contributed by atoms with Crippen molar-refractivity contribution in [2.75, 3.05) is 12.5 Å². The van der Waals surface area contributed by atoms with Crippen LogP contribution in [0.1, 0.15) is 10.4 Å². The quantitative estimate of drug-likeness (QED) is 0.666. The highest BCUT2D eigenvalue weighted by molar-refractivity contribution is 9.10. The predicted molar refractivity (Wildman–Crippen MR) is 93.3 cm³/mol. The minimum absolute atomic E-state index is 0.294. The first kappa shape index (κ1) is 17.2. The van der Waals surface area contributed by atoms with Crippen molar-refractivity contribution in [2.24, 2.45) is 0 Å². The van der Waals surface area contributed by atoms with Crippen LogP contribution >= 0.6 is 50.7 Å². The summed E-state index contributed by atoms with van der Waals surface area (Å²) in [5.41, 5.74) is 5.97. The summed E-state index contributed by atoms with van der Waals surface area (Å²) in [6, 6.07) is 8.10. The SMILES string of the molecule is COc1ccc(Br)c(C(=O)NNc2c(Cl)cc(Cl)cc2Cl)c1. The number of rotatable bonds is 4. The highest BCUT2D eigenvalue weighted by Crippen LogP contribution is 2.33. The molecule has 0 aliphatic carbocycles. The number of hydrogen-bond acceptors (Lipinski definition) is 3. The number of ether oxygens (including phenoxy) is 1. The molecule has 0 unspecified atom stereocenters. The average molecular weight is 425 g/mol. The van der Waals surface area contributed by atoms with E-state index in [9.17, 15) is 4.79 Å². The molecule has 1 amide bonds. The van der Waals surface area contributed by atoms with Crippen molar-refractivity contribution < 1.29 is 9.53 Å². The molecule has 2 aromatic rings. The Morgan fingerprint density at radius 2 is 1.77 bits per heavy atom. The summed E-state index contributed by atoms with van der Waals surface area (Å²) in [6.07, 6.45) is 0. The number of amides is 1. The van der Waals surface area contributed by atoms with Gasteiger partial charge in [-0.2, -0.15) is 0 Å². The van der Waals surface area contributed by atoms with E-state index in [0.29, 0.717) is 36.5 Å². The van der Waals surface area contributed by atoms with Gasteiger partial charge in [-0.25, -0.2) is 0 Å². The molecule has 0 saturated heterocycles. The predicted octanol–water partition coefficient (Wildman–Crippen LogP) is 5.17. The van der Waals surface area contributed by atoms with Gasteiger partial charge < -0.3 is 4.74 Å². The van der Waals surface area contributed by atoms with Crippen molar-refractivity contribution in [3.05, 3.63) is 55.4 Å². The van der Waals surface area contributed by atoms with Crippen LogP contribution in [0.5, 0.6) is 5.75 Å². The second-order valence-electron chi connectivity index (χ2n) is 4.17. The number of hydrogen-bond donors (Lipinski definition) is 2. The van der Waals surface area contributed by atoms with E-state index in [0.717, 1.165) is 0 Å². The molecule has 0 heterocycles. The Bertz CT molecular complexity index is 702. The molecule has 0 bridgehead atoms. The number of benzene rings is 2. The van der Waals surface area contributed by atoms with Crippen molar-refractivity contribution in [3.63, 3.8) is 0 Å². The summed E-state index contributed by atoms with van der Waals surface area (Å²) in [5, 5.41) is 0.993. The molecule has 4 nitrogen and oxygen atoms in total. The molecule has 0 saturated carbocycles. The van der Waals surface area contributed by atoms with E-state index in [-0.39, 0.29) is 5.91 Å². The van der Waals surface area contributed by atoms with E-state index >= 15 is 0 Å². The van der Waals surface area contributed by atoms with Crippen molar-refractivity contribution in [2.45, 2.75) is 0 Å². The standard InChI is InChI=1S/C14H10BrCl3N2O2/c1-22-8-2-3-10(15)9(6-8)14(21)20-19-13-11(17)4-7(16)5-12(13)18/h2-6,19H,1H3,(H,20,21). The maximum absolute atomic E-state index is 12.2. The monoisotopic (exact) mass is 422 g/mol. The molecular formula is C14H10BrCl3N2O2. The number of anilines is 1. The van der Waals surface area contributed by atoms with Crippen LogP contribution in [-0.2, 0) is 0 Å². The van der Waals surface area contributed by atoms with Crippen LogP contribution in [0.3, 0.4) is 0 Å². The molecule has 0 aliphatic rings. The second-order valence-corrected chi connectivity index (χ2v) is 6.27. The molecule has 116 valence electrons. The van der Waals surface area contributed by atoms with E-state index in [1.54, 1.807) is 18.2 Å². The van der Waals surface area contributed by atoms with E-state index in [1.165, 1.54) is 19.2 Å². The molecule has 8 heteroatoms. The summed E-state index contributed by atoms with van der Waals surface area (Å²) in [5.74, 6) is 0.184. The normalized spacial score (nSPS) is 10.2. The Balaban J connectivity index is 2.17. The summed E-state index contributed by atoms with van der Waals surface area (Å²) >= 11 is 21.2. The van der Waals surface area contributed by atoms with E-state index in [2.05, 4.69) is 26.8 Å². The van der Waals surface area contributed by atoms with Gasteiger partial charge in [0, 0.05) is 9.50 Å². The van der Waals surface area contributed by atoms with Crippen LogP contribution in [-0.4, -0.2) is 13.0 Å². The van der Waals surface area contributed by atoms with Crippen molar-refractivity contribution in [1.29, 1.82) is 0 Å². The van der Waals surface area contributed by atoms with Gasteiger partial charge in [-0.3, -0.25) is 15.6 Å². The molecule has 2 aromatic carbocycles. The summed E-state index contributed by atoms with van der Waals surface area (Å²) < 4.78 is 5.72. The van der Waals surface area contributed by atoms with Gasteiger partial charge >= 0.3 is 0 Å². The van der Waals surface area contributed by atoms with Crippen LogP contribution in [0.2, 0.25) is 15.1 Å². The first-order chi connectivity index (χ1) is 10.4. The lowest BCUT2D eigenvalue weighted by atomic mass is 10.2. The van der Waals surface area contributed by atoms with E-state index in [4.69, 9.17) is 39.5 Å². The third-order valence-electron chi connectivity index (χ3n) is 2.73. The number of halogens is 4. The van der Waals surface area contributed by atoms with Crippen molar-refractivity contribution >= 4 is 62.3 Å². The van der Waals surface area contributed by atoms with Crippen LogP contribution < -0.4 is 15.6 Å². The summed E-state index contributed by atoms with van der Waals surface area (Å²) in [4.78, 5) is 12.2. The van der Waals surface area contributed by atoms with Gasteiger partial charge in [0.25, 0.3) is 5.91 Å². The molecule has 0 atom stereocenters. The van der Waals surface area contributed by atoms with E-state index < -0.39 is 0 Å². The van der Waals surface area contributed by atoms with Gasteiger partial charge in [-0.15, -0.1) is 0 Å². The van der Waals surface area contributed by atoms with Gasteiger partial charge in [0.1, 0.15) is 5.75 Å². The number of carbonyl (C=O) groups excluding carboxylic acids is 1. The molecular weight excluding hydrogens is 414 g/mol. The topological polar surface area (TPSA) is 50.4 Å². The minimum atomic E-state index is -0.382. The zero-order valence-corrected chi connectivity index (χ0v) is 15.1. The lowest BCUT2D eigenvalue weighted by Crippen LogP contribution is -2.30. The van der Waals surface area contributed by atoms with Crippen molar-refractivity contribution in [3.8, 4) is 5.75 Å². The molecule has 0 fully saturated rings. The third-order valence-corrected chi connectivity index (χ3v) is 4.23. The zero-order chi connectivity index (χ0) is 16.3. The minimum Gasteiger partial charge on any atom is -0.497 e. The number of hydrazine groups is 1. The summed E-state index contributed by atoms with van der Waals surface area (Å²) in [7, 11) is 1.52. The third kappa shape index (κ3) is 3.98. The van der Waals surface area contributed by atoms with Crippen LogP contribution in [0.15, 0.2) is 34.8 Å². The first-order valence-corrected chi connectivity index (χ1v) is 7.89. The maximum Gasteiger partial charge on any atom is 0.270 e. The number of nitrogens with one attached hydrogen (secondary N) is 2. The smallest absolute Gasteiger partial charge is 0.270 e. The highest BCUT2D eigenvalue weighted by atomic mass is 79.9. The average Bonchev–Trinajstić information content (AvgIpc) is 2.46. The molecule has 0 aromatic heterocycles. The zero-order valence-electron chi connectivity index (χ0n) is 11.2. The molecule has 0 spiro atoms. The molecule has 0 radical (unpaired) electrons. The molecule has 22 heavy (non-hydrogen) atoms. The van der Waals surface area contributed by atoms with Gasteiger partial charge in [0.15, 0.2) is 0 Å². The molecule has 2 N–H and O–H groups in total. The number of carbonyl (C=O) groups is 1. The Morgan fingerprint density at radius 3 is 2.36 bits per heavy atom. The van der Waals surface area contributed by atoms with Crippen molar-refractivity contribution in [1.82, 2.24) is 5.43 Å². The van der Waals surface area contributed by atoms with Gasteiger partial charge in [0.2, 0.25) is 0 Å². The fourth-order valence-electron chi connectivity index (χ4n) is 1.65. The van der Waals surface area contributed by atoms with Crippen LogP contribution in [0.4, 0.5) is 5.69 Å². The largest absolute Gasteiger partial charge is 0.497 e. The van der Waals surface area contributed by atoms with Gasteiger partial charge in [0.05, 0.1) is 28.4 Å². The lowest BCUT2D eigenvalue weighted by Gasteiger charge is -2.13. The first-order valence-electron chi connectivity index (χ1n) is 5.97. The van der Waals surface area contributed by atoms with Crippen LogP contribution in [0, 0.1) is 0 Å². The summed E-state index contributed by atoms with van der Waals surface area (Å²) in [6.45, 7) is 0. The molecule has 0 aliphatic heterocycles. The Kier molecular flexibility index (Phi) is 5.81. The highest BCUT2D eigenvalue weighted by Gasteiger charge is 2.13. The number of methoxy groups -OCH3 is 1. The van der Waals surface area contributed by atoms with Gasteiger partial charge in [-0.05, 0) is 46.3 Å². The second kappa shape index (κ2) is 7.42. The Morgan fingerprint density at radius 1 is 1.14 bits per heavy atom. The van der Waals surface area contributed by atoms with Crippen LogP contribution in [0.25, 0.3) is 0 Å². The lowest BCUT2D eigenvalue weighted by molar-refractivity contribution is 0.0961. The fourth-order valence-corrected chi connectivity index (χ4v) is 2.99. The molecule has 2 rings (SSSR count). The van der Waals surface area contributed by atoms with Gasteiger partial charge in [-0.1, -0.05) is 34.8 Å². The maximum atomic E-state index is 12.2. The van der Waals surface area contributed by atoms with E-state index in [1.807, 2.05) is 0 Å². The fraction of sp³-hybridized carbons (Fsp3) is 0.0714. The Labute approximate surface area is 150 Å². The Hall–Kier alpha value is -1.14.